The molecule has 100 valence electrons. The highest BCUT2D eigenvalue weighted by Gasteiger charge is 2.21. The lowest BCUT2D eigenvalue weighted by Gasteiger charge is -2.28. The van der Waals surface area contributed by atoms with E-state index < -0.39 is 6.10 Å². The summed E-state index contributed by atoms with van der Waals surface area (Å²) in [6.45, 7) is 5.97. The minimum atomic E-state index is -0.602. The Balaban J connectivity index is 2.32. The van der Waals surface area contributed by atoms with E-state index >= 15 is 0 Å². The third-order valence-corrected chi connectivity index (χ3v) is 3.34. The second kappa shape index (κ2) is 7.67. The van der Waals surface area contributed by atoms with E-state index in [-0.39, 0.29) is 12.4 Å². The smallest absolute Gasteiger partial charge is 0.308 e. The Bertz CT molecular complexity index is 233. The number of likely N-dealkylation sites (tertiary alicyclic amines) is 1. The molecule has 0 aromatic carbocycles. The minimum Gasteiger partial charge on any atom is -0.466 e. The molecule has 0 amide bonds. The van der Waals surface area contributed by atoms with Crippen molar-refractivity contribution in [2.45, 2.75) is 58.1 Å². The van der Waals surface area contributed by atoms with E-state index in [0.29, 0.717) is 19.2 Å². The lowest BCUT2D eigenvalue weighted by Crippen LogP contribution is -2.39. The third kappa shape index (κ3) is 5.50. The number of hydrogen-bond acceptors (Lipinski definition) is 4. The zero-order chi connectivity index (χ0) is 12.7. The molecule has 1 rings (SSSR count). The van der Waals surface area contributed by atoms with Crippen LogP contribution in [0.5, 0.6) is 0 Å². The molecule has 1 heterocycles. The highest BCUT2D eigenvalue weighted by atomic mass is 16.5. The molecule has 0 spiro atoms. The van der Waals surface area contributed by atoms with Gasteiger partial charge >= 0.3 is 5.97 Å². The van der Waals surface area contributed by atoms with Crippen LogP contribution in [0.1, 0.15) is 46.0 Å². The van der Waals surface area contributed by atoms with Crippen molar-refractivity contribution in [3.05, 3.63) is 0 Å². The number of aliphatic hydroxyl groups excluding tert-OH is 1. The molecule has 2 atom stereocenters. The van der Waals surface area contributed by atoms with Gasteiger partial charge in [-0.05, 0) is 33.2 Å². The normalized spacial score (nSPS) is 24.1. The monoisotopic (exact) mass is 243 g/mol. The summed E-state index contributed by atoms with van der Waals surface area (Å²) in [4.78, 5) is 13.5. The van der Waals surface area contributed by atoms with Gasteiger partial charge in [-0.1, -0.05) is 12.8 Å². The van der Waals surface area contributed by atoms with Gasteiger partial charge in [-0.15, -0.1) is 0 Å². The molecule has 0 saturated carbocycles. The van der Waals surface area contributed by atoms with Crippen molar-refractivity contribution in [1.82, 2.24) is 4.90 Å². The summed E-state index contributed by atoms with van der Waals surface area (Å²) in [5.74, 6) is -0.303. The molecule has 0 aliphatic carbocycles. The Morgan fingerprint density at radius 3 is 2.94 bits per heavy atom. The van der Waals surface area contributed by atoms with Crippen LogP contribution < -0.4 is 0 Å². The average Bonchev–Trinajstić information content (AvgIpc) is 2.44. The standard InChI is InChI=1S/C13H25NO3/c1-3-17-13(16)9-12(15)10-14-8-6-4-5-7-11(14)2/h11-12,15H,3-10H2,1-2H3. The molecular weight excluding hydrogens is 218 g/mol. The lowest BCUT2D eigenvalue weighted by molar-refractivity contribution is -0.145. The van der Waals surface area contributed by atoms with Crippen LogP contribution in [-0.2, 0) is 9.53 Å². The average molecular weight is 243 g/mol. The number of carbonyl (C=O) groups is 1. The van der Waals surface area contributed by atoms with Crippen molar-refractivity contribution in [2.24, 2.45) is 0 Å². The first-order chi connectivity index (χ1) is 8.13. The number of aliphatic hydroxyl groups is 1. The van der Waals surface area contributed by atoms with Crippen LogP contribution in [0.3, 0.4) is 0 Å². The van der Waals surface area contributed by atoms with Crippen LogP contribution in [0.4, 0.5) is 0 Å². The van der Waals surface area contributed by atoms with E-state index in [0.717, 1.165) is 6.54 Å². The SMILES string of the molecule is CCOC(=O)CC(O)CN1CCCCCC1C. The van der Waals surface area contributed by atoms with Crippen LogP contribution in [0.25, 0.3) is 0 Å². The molecule has 17 heavy (non-hydrogen) atoms. The fourth-order valence-electron chi connectivity index (χ4n) is 2.35. The minimum absolute atomic E-state index is 0.108. The predicted octanol–water partition coefficient (Wildman–Crippen LogP) is 1.56. The van der Waals surface area contributed by atoms with E-state index in [4.69, 9.17) is 4.74 Å². The summed E-state index contributed by atoms with van der Waals surface area (Å²) >= 11 is 0. The highest BCUT2D eigenvalue weighted by Crippen LogP contribution is 2.16. The van der Waals surface area contributed by atoms with Crippen molar-refractivity contribution >= 4 is 5.97 Å². The Morgan fingerprint density at radius 2 is 2.24 bits per heavy atom. The second-order valence-corrected chi connectivity index (χ2v) is 4.86. The first kappa shape index (κ1) is 14.5. The molecule has 1 aliphatic heterocycles. The third-order valence-electron chi connectivity index (χ3n) is 3.34. The van der Waals surface area contributed by atoms with Crippen LogP contribution in [0.15, 0.2) is 0 Å². The zero-order valence-corrected chi connectivity index (χ0v) is 11.0. The fourth-order valence-corrected chi connectivity index (χ4v) is 2.35. The number of esters is 1. The predicted molar refractivity (Wildman–Crippen MR) is 66.8 cm³/mol. The molecule has 0 aromatic rings. The Labute approximate surface area is 104 Å². The molecule has 2 unspecified atom stereocenters. The Kier molecular flexibility index (Phi) is 6.52. The fraction of sp³-hybridized carbons (Fsp3) is 0.923. The van der Waals surface area contributed by atoms with Gasteiger partial charge in [0, 0.05) is 12.6 Å². The molecule has 0 aromatic heterocycles. The molecule has 4 heteroatoms. The van der Waals surface area contributed by atoms with Gasteiger partial charge in [0.15, 0.2) is 0 Å². The van der Waals surface area contributed by atoms with Crippen molar-refractivity contribution in [3.8, 4) is 0 Å². The quantitative estimate of drug-likeness (QED) is 0.745. The van der Waals surface area contributed by atoms with E-state index in [9.17, 15) is 9.90 Å². The number of rotatable bonds is 5. The van der Waals surface area contributed by atoms with Crippen molar-refractivity contribution in [2.75, 3.05) is 19.7 Å². The van der Waals surface area contributed by atoms with Crippen molar-refractivity contribution < 1.29 is 14.6 Å². The van der Waals surface area contributed by atoms with Crippen LogP contribution in [0, 0.1) is 0 Å². The summed E-state index contributed by atoms with van der Waals surface area (Å²) in [5, 5.41) is 9.87. The molecule has 1 saturated heterocycles. The maximum absolute atomic E-state index is 11.2. The maximum atomic E-state index is 11.2. The van der Waals surface area contributed by atoms with Gasteiger partial charge in [-0.25, -0.2) is 0 Å². The number of β-amino-alcohol motifs (C(OH)–C–C–N with tert-alkyl or cyclic N) is 1. The largest absolute Gasteiger partial charge is 0.466 e. The van der Waals surface area contributed by atoms with Gasteiger partial charge in [-0.3, -0.25) is 9.69 Å². The second-order valence-electron chi connectivity index (χ2n) is 4.86. The Hall–Kier alpha value is -0.610. The van der Waals surface area contributed by atoms with Gasteiger partial charge in [-0.2, -0.15) is 0 Å². The Morgan fingerprint density at radius 1 is 1.47 bits per heavy atom. The van der Waals surface area contributed by atoms with Crippen molar-refractivity contribution in [1.29, 1.82) is 0 Å². The number of hydrogen-bond donors (Lipinski definition) is 1. The van der Waals surface area contributed by atoms with Gasteiger partial charge in [0.2, 0.25) is 0 Å². The van der Waals surface area contributed by atoms with Gasteiger partial charge in [0.05, 0.1) is 19.1 Å². The van der Waals surface area contributed by atoms with E-state index in [1.165, 1.54) is 25.7 Å². The molecule has 1 aliphatic rings. The van der Waals surface area contributed by atoms with Crippen LogP contribution in [-0.4, -0.2) is 47.8 Å². The van der Waals surface area contributed by atoms with E-state index in [1.54, 1.807) is 6.92 Å². The summed E-state index contributed by atoms with van der Waals surface area (Å²) in [6.07, 6.45) is 4.43. The molecular formula is C13H25NO3. The number of ether oxygens (including phenoxy) is 1. The molecule has 0 bridgehead atoms. The van der Waals surface area contributed by atoms with E-state index in [1.807, 2.05) is 0 Å². The van der Waals surface area contributed by atoms with Crippen LogP contribution in [0.2, 0.25) is 0 Å². The zero-order valence-electron chi connectivity index (χ0n) is 11.0. The number of nitrogens with zero attached hydrogens (tertiary/aromatic N) is 1. The molecule has 1 N–H and O–H groups in total. The van der Waals surface area contributed by atoms with Gasteiger partial charge < -0.3 is 9.84 Å². The first-order valence-electron chi connectivity index (χ1n) is 6.71. The van der Waals surface area contributed by atoms with Gasteiger partial charge in [0.1, 0.15) is 0 Å². The molecule has 4 nitrogen and oxygen atoms in total. The molecule has 1 fully saturated rings. The first-order valence-corrected chi connectivity index (χ1v) is 6.71. The highest BCUT2D eigenvalue weighted by molar-refractivity contribution is 5.69. The summed E-state index contributed by atoms with van der Waals surface area (Å²) in [7, 11) is 0. The summed E-state index contributed by atoms with van der Waals surface area (Å²) in [5.41, 5.74) is 0. The van der Waals surface area contributed by atoms with Crippen molar-refractivity contribution in [3.63, 3.8) is 0 Å². The molecule has 0 radical (unpaired) electrons. The summed E-state index contributed by atoms with van der Waals surface area (Å²) in [6, 6.07) is 0.509. The number of carbonyl (C=O) groups excluding carboxylic acids is 1. The summed E-state index contributed by atoms with van der Waals surface area (Å²) < 4.78 is 4.84. The lowest BCUT2D eigenvalue weighted by atomic mass is 10.1. The topological polar surface area (TPSA) is 49.8 Å². The maximum Gasteiger partial charge on any atom is 0.308 e. The van der Waals surface area contributed by atoms with Gasteiger partial charge in [0.25, 0.3) is 0 Å². The van der Waals surface area contributed by atoms with E-state index in [2.05, 4.69) is 11.8 Å². The van der Waals surface area contributed by atoms with Crippen LogP contribution >= 0.6 is 0 Å².